The van der Waals surface area contributed by atoms with Gasteiger partial charge in [-0.3, -0.25) is 14.1 Å². The Morgan fingerprint density at radius 1 is 1.04 bits per heavy atom. The van der Waals surface area contributed by atoms with Crippen molar-refractivity contribution in [1.82, 2.24) is 0 Å². The van der Waals surface area contributed by atoms with Crippen molar-refractivity contribution >= 4 is 43.3 Å². The van der Waals surface area contributed by atoms with Gasteiger partial charge in [0.2, 0.25) is 0 Å². The van der Waals surface area contributed by atoms with Crippen molar-refractivity contribution in [2.45, 2.75) is 24.8 Å². The van der Waals surface area contributed by atoms with Gasteiger partial charge in [0.15, 0.2) is 11.6 Å². The van der Waals surface area contributed by atoms with E-state index in [9.17, 15) is 27.7 Å². The summed E-state index contributed by atoms with van der Waals surface area (Å²) in [6, 6.07) is 5.25. The number of anilines is 1. The quantitative estimate of drug-likeness (QED) is 0.372. The van der Waals surface area contributed by atoms with Gasteiger partial charge in [0.25, 0.3) is 10.1 Å². The minimum Gasteiger partial charge on any atom is -1.00 e. The number of nitrogens with one attached hydrogen (secondary N) is 1. The molecule has 3 N–H and O–H groups in total. The third kappa shape index (κ3) is 3.72. The van der Waals surface area contributed by atoms with E-state index < -0.39 is 37.9 Å². The van der Waals surface area contributed by atoms with Gasteiger partial charge in [-0.05, 0) is 38.1 Å². The minimum atomic E-state index is -4.76. The maximum Gasteiger partial charge on any atom is 1.00 e. The van der Waals surface area contributed by atoms with Crippen LogP contribution < -0.4 is 34.9 Å². The molecule has 2 aromatic rings. The van der Waals surface area contributed by atoms with Gasteiger partial charge in [0.1, 0.15) is 10.6 Å². The van der Waals surface area contributed by atoms with E-state index in [4.69, 9.17) is 0 Å². The van der Waals surface area contributed by atoms with E-state index in [1.54, 1.807) is 12.1 Å². The smallest absolute Gasteiger partial charge is 1.00 e. The maximum absolute atomic E-state index is 13.0. The molecule has 27 heavy (non-hydrogen) atoms. The topological polar surface area (TPSA) is 121 Å². The largest absolute Gasteiger partial charge is 1.00 e. The van der Waals surface area contributed by atoms with E-state index in [0.29, 0.717) is 10.2 Å². The zero-order valence-corrected chi connectivity index (χ0v) is 19.1. The van der Waals surface area contributed by atoms with Crippen molar-refractivity contribution in [1.29, 1.82) is 0 Å². The second-order valence-corrected chi connectivity index (χ2v) is 8.36. The summed E-state index contributed by atoms with van der Waals surface area (Å²) >= 11 is 3.23. The molecule has 0 fully saturated rings. The number of carbonyl (C=O) groups is 2. The predicted molar refractivity (Wildman–Crippen MR) is 98.8 cm³/mol. The Kier molecular flexibility index (Phi) is 6.25. The summed E-state index contributed by atoms with van der Waals surface area (Å²) in [7, 11) is -4.76. The molecule has 1 aliphatic rings. The van der Waals surface area contributed by atoms with Gasteiger partial charge in [-0.2, -0.15) is 8.42 Å². The molecular weight excluding hydrogens is 449 g/mol. The van der Waals surface area contributed by atoms with E-state index in [-0.39, 0.29) is 53.7 Å². The van der Waals surface area contributed by atoms with Gasteiger partial charge in [-0.15, -0.1) is 0 Å². The summed E-state index contributed by atoms with van der Waals surface area (Å²) in [6.45, 7) is 3.75. The van der Waals surface area contributed by atoms with Crippen molar-refractivity contribution in [2.75, 3.05) is 5.32 Å². The van der Waals surface area contributed by atoms with E-state index >= 15 is 0 Å². The van der Waals surface area contributed by atoms with Gasteiger partial charge in [0, 0.05) is 21.8 Å². The average Bonchev–Trinajstić information content (AvgIpc) is 2.52. The van der Waals surface area contributed by atoms with E-state index in [2.05, 4.69) is 21.2 Å². The number of phenolic OH excluding ortho intramolecular Hbond substituents is 1. The maximum atomic E-state index is 13.0. The van der Waals surface area contributed by atoms with Crippen LogP contribution in [0.2, 0.25) is 0 Å². The number of halogens is 1. The fraction of sp³-hybridized carbons (Fsp3) is 0.176. The zero-order valence-electron chi connectivity index (χ0n) is 15.7. The Hall–Kier alpha value is -1.23. The Bertz CT molecular complexity index is 1090. The van der Waals surface area contributed by atoms with Gasteiger partial charge in [-0.1, -0.05) is 15.9 Å². The van der Waals surface area contributed by atoms with Crippen molar-refractivity contribution in [2.24, 2.45) is 0 Å². The first-order valence-electron chi connectivity index (χ1n) is 7.56. The zero-order chi connectivity index (χ0) is 19.4. The fourth-order valence-corrected chi connectivity index (χ4v) is 4.02. The second-order valence-electron chi connectivity index (χ2n) is 6.11. The van der Waals surface area contributed by atoms with E-state index in [1.807, 2.05) is 13.8 Å². The minimum absolute atomic E-state index is 0. The third-order valence-corrected chi connectivity index (χ3v) is 5.49. The SMILES string of the molecule is CC(C)Nc1ccc(Br)c2c1C(=O)c1ccc(S(=O)(=O)O)c(O)c1C2=O.[H-].[Na+]. The number of hydrogen-bond donors (Lipinski definition) is 3. The van der Waals surface area contributed by atoms with Crippen LogP contribution in [0, 0.1) is 0 Å². The van der Waals surface area contributed by atoms with Crippen LogP contribution in [0.25, 0.3) is 0 Å². The Morgan fingerprint density at radius 3 is 2.22 bits per heavy atom. The molecule has 0 radical (unpaired) electrons. The first kappa shape index (κ1) is 22.1. The Morgan fingerprint density at radius 2 is 1.67 bits per heavy atom. The average molecular weight is 464 g/mol. The molecule has 0 spiro atoms. The second kappa shape index (κ2) is 7.65. The molecular formula is C17H15BrNNaO6S. The van der Waals surface area contributed by atoms with Gasteiger partial charge < -0.3 is 11.8 Å². The van der Waals surface area contributed by atoms with Crippen LogP contribution >= 0.6 is 15.9 Å². The van der Waals surface area contributed by atoms with Crippen LogP contribution in [0.3, 0.4) is 0 Å². The number of ketones is 2. The van der Waals surface area contributed by atoms with Crippen LogP contribution in [0.15, 0.2) is 33.6 Å². The summed E-state index contributed by atoms with van der Waals surface area (Å²) in [5, 5.41) is 13.3. The molecule has 0 amide bonds. The third-order valence-electron chi connectivity index (χ3n) is 3.94. The molecule has 0 bridgehead atoms. The molecule has 138 valence electrons. The Balaban J connectivity index is 0.00000196. The molecule has 0 saturated heterocycles. The molecule has 0 unspecified atom stereocenters. The number of benzene rings is 2. The van der Waals surface area contributed by atoms with Gasteiger partial charge in [-0.25, -0.2) is 0 Å². The van der Waals surface area contributed by atoms with Gasteiger partial charge >= 0.3 is 29.6 Å². The molecule has 7 nitrogen and oxygen atoms in total. The van der Waals surface area contributed by atoms with Gasteiger partial charge in [0.05, 0.1) is 16.7 Å². The molecule has 0 atom stereocenters. The molecule has 3 rings (SSSR count). The first-order chi connectivity index (χ1) is 12.0. The molecule has 0 aliphatic heterocycles. The fourth-order valence-electron chi connectivity index (χ4n) is 2.93. The molecule has 2 aromatic carbocycles. The normalized spacial score (nSPS) is 13.1. The van der Waals surface area contributed by atoms with Crippen molar-refractivity contribution in [3.8, 4) is 5.75 Å². The van der Waals surface area contributed by atoms with Crippen LogP contribution in [0.1, 0.15) is 47.1 Å². The molecule has 10 heteroatoms. The van der Waals surface area contributed by atoms with E-state index in [0.717, 1.165) is 12.1 Å². The van der Waals surface area contributed by atoms with Crippen molar-refractivity contribution in [3.63, 3.8) is 0 Å². The Labute approximate surface area is 187 Å². The number of hydrogen-bond acceptors (Lipinski definition) is 6. The summed E-state index contributed by atoms with van der Waals surface area (Å²) in [4.78, 5) is 25.1. The number of phenols is 1. The number of fused-ring (bicyclic) bond motifs is 2. The molecule has 0 aromatic heterocycles. The summed E-state index contributed by atoms with van der Waals surface area (Å²) in [5.74, 6) is -2.18. The number of rotatable bonds is 3. The monoisotopic (exact) mass is 463 g/mol. The molecule has 0 heterocycles. The molecule has 0 saturated carbocycles. The molecule has 1 aliphatic carbocycles. The number of carbonyl (C=O) groups excluding carboxylic acids is 2. The van der Waals surface area contributed by atoms with Crippen molar-refractivity contribution < 1.29 is 58.7 Å². The van der Waals surface area contributed by atoms with Crippen LogP contribution in [0.5, 0.6) is 5.75 Å². The van der Waals surface area contributed by atoms with Crippen LogP contribution in [-0.2, 0) is 10.1 Å². The number of aromatic hydroxyl groups is 1. The van der Waals surface area contributed by atoms with Crippen LogP contribution in [0.4, 0.5) is 5.69 Å². The van der Waals surface area contributed by atoms with Crippen molar-refractivity contribution in [3.05, 3.63) is 51.0 Å². The predicted octanol–water partition coefficient (Wildman–Crippen LogP) is 0.114. The van der Waals surface area contributed by atoms with Crippen LogP contribution in [-0.4, -0.2) is 35.7 Å². The summed E-state index contributed by atoms with van der Waals surface area (Å²) in [5.41, 5.74) is 0.0541. The first-order valence-corrected chi connectivity index (χ1v) is 9.79. The standard InChI is InChI=1S/C17H14BrNO6S.Na.H/c1-7(2)19-10-5-4-9(18)13-14(10)15(20)8-3-6-11(26(23,24)25)16(21)12(8)17(13)22;;/h3-7,19,21H,1-2H3,(H,23,24,25);;/q;+1;-1. The van der Waals surface area contributed by atoms with E-state index in [1.165, 1.54) is 0 Å². The summed E-state index contributed by atoms with van der Waals surface area (Å²) < 4.78 is 32.3. The summed E-state index contributed by atoms with van der Waals surface area (Å²) in [6.07, 6.45) is 0.